The van der Waals surface area contributed by atoms with E-state index < -0.39 is 29.7 Å². The smallest absolute Gasteiger partial charge is 0.314 e. The van der Waals surface area contributed by atoms with Crippen LogP contribution in [0.2, 0.25) is 5.02 Å². The van der Waals surface area contributed by atoms with Crippen molar-refractivity contribution in [1.82, 2.24) is 20.5 Å². The van der Waals surface area contributed by atoms with Crippen molar-refractivity contribution in [2.75, 3.05) is 26.0 Å². The number of pyridine rings is 1. The number of anilines is 1. The van der Waals surface area contributed by atoms with Gasteiger partial charge in [-0.15, -0.1) is 0 Å². The van der Waals surface area contributed by atoms with E-state index in [0.29, 0.717) is 17.1 Å². The van der Waals surface area contributed by atoms with Gasteiger partial charge < -0.3 is 26.6 Å². The Hall–Kier alpha value is -4.28. The molecule has 2 aromatic carbocycles. The van der Waals surface area contributed by atoms with Crippen molar-refractivity contribution < 1.29 is 19.2 Å². The van der Waals surface area contributed by atoms with Gasteiger partial charge >= 0.3 is 11.8 Å². The van der Waals surface area contributed by atoms with Gasteiger partial charge in [0.25, 0.3) is 5.91 Å². The van der Waals surface area contributed by atoms with Gasteiger partial charge in [-0.1, -0.05) is 48.0 Å². The highest BCUT2D eigenvalue weighted by atomic mass is 35.5. The van der Waals surface area contributed by atoms with E-state index in [1.165, 1.54) is 37.3 Å². The first kappa shape index (κ1) is 27.3. The fourth-order valence-electron chi connectivity index (χ4n) is 3.43. The van der Waals surface area contributed by atoms with Gasteiger partial charge in [0.1, 0.15) is 11.9 Å². The molecule has 0 fully saturated rings. The molecule has 192 valence electrons. The SMILES string of the molecule is CN(C)C(=O)C(CNC(=O)C(=O)Nc1ccc(Cl)cn1)NC(=O)c1ccc(-c2ccccc2CN)cc1. The standard InChI is InChI=1S/C26H27ClN6O4/c1-33(2)26(37)21(15-30-24(35)25(36)32-22-12-11-19(27)14-29-22)31-23(34)17-9-7-16(8-10-17)20-6-4-3-5-18(20)13-28/h3-12,14,21H,13,15,28H2,1-2H3,(H,30,35)(H,31,34)(H,29,32,36). The highest BCUT2D eigenvalue weighted by Gasteiger charge is 2.25. The molecular weight excluding hydrogens is 496 g/mol. The quantitative estimate of drug-likeness (QED) is 0.332. The van der Waals surface area contributed by atoms with Crippen molar-refractivity contribution in [2.45, 2.75) is 12.6 Å². The summed E-state index contributed by atoms with van der Waals surface area (Å²) >= 11 is 5.75. The van der Waals surface area contributed by atoms with E-state index in [1.54, 1.807) is 24.3 Å². The number of nitrogens with two attached hydrogens (primary N) is 1. The fourth-order valence-corrected chi connectivity index (χ4v) is 3.54. The number of hydrogen-bond acceptors (Lipinski definition) is 6. The zero-order valence-electron chi connectivity index (χ0n) is 20.3. The Morgan fingerprint density at radius 2 is 1.68 bits per heavy atom. The third kappa shape index (κ3) is 7.35. The summed E-state index contributed by atoms with van der Waals surface area (Å²) in [7, 11) is 3.04. The highest BCUT2D eigenvalue weighted by molar-refractivity contribution is 6.39. The number of likely N-dealkylation sites (N-methyl/N-ethyl adjacent to an activating group) is 1. The van der Waals surface area contributed by atoms with Gasteiger partial charge in [0, 0.05) is 38.9 Å². The zero-order valence-corrected chi connectivity index (χ0v) is 21.1. The molecule has 5 N–H and O–H groups in total. The average molecular weight is 523 g/mol. The van der Waals surface area contributed by atoms with Crippen LogP contribution in [-0.4, -0.2) is 60.2 Å². The topological polar surface area (TPSA) is 147 Å². The predicted octanol–water partition coefficient (Wildman–Crippen LogP) is 1.80. The third-order valence-electron chi connectivity index (χ3n) is 5.38. The minimum absolute atomic E-state index is 0.135. The lowest BCUT2D eigenvalue weighted by Crippen LogP contribution is -2.53. The summed E-state index contributed by atoms with van der Waals surface area (Å²) in [6, 6.07) is 16.4. The van der Waals surface area contributed by atoms with Crippen molar-refractivity contribution in [3.63, 3.8) is 0 Å². The molecule has 0 radical (unpaired) electrons. The van der Waals surface area contributed by atoms with E-state index >= 15 is 0 Å². The number of carbonyl (C=O) groups excluding carboxylic acids is 4. The minimum atomic E-state index is -1.11. The lowest BCUT2D eigenvalue weighted by atomic mass is 9.98. The van der Waals surface area contributed by atoms with Crippen LogP contribution in [0.4, 0.5) is 5.82 Å². The van der Waals surface area contributed by atoms with Gasteiger partial charge in [0.15, 0.2) is 0 Å². The molecule has 1 atom stereocenters. The number of aromatic nitrogens is 1. The summed E-state index contributed by atoms with van der Waals surface area (Å²) in [5, 5.41) is 7.69. The normalized spacial score (nSPS) is 11.2. The maximum absolute atomic E-state index is 12.9. The molecule has 3 aromatic rings. The van der Waals surface area contributed by atoms with Gasteiger partial charge in [0.05, 0.1) is 5.02 Å². The lowest BCUT2D eigenvalue weighted by Gasteiger charge is -2.22. The Morgan fingerprint density at radius 3 is 2.30 bits per heavy atom. The summed E-state index contributed by atoms with van der Waals surface area (Å²) < 4.78 is 0. The summed E-state index contributed by atoms with van der Waals surface area (Å²) in [5.74, 6) is -2.81. The first-order chi connectivity index (χ1) is 17.7. The van der Waals surface area contributed by atoms with Crippen LogP contribution in [0.3, 0.4) is 0 Å². The predicted molar refractivity (Wildman–Crippen MR) is 141 cm³/mol. The minimum Gasteiger partial charge on any atom is -0.347 e. The van der Waals surface area contributed by atoms with Crippen LogP contribution in [0.5, 0.6) is 0 Å². The molecule has 37 heavy (non-hydrogen) atoms. The summed E-state index contributed by atoms with van der Waals surface area (Å²) in [4.78, 5) is 55.1. The number of benzene rings is 2. The molecule has 1 unspecified atom stereocenters. The highest BCUT2D eigenvalue weighted by Crippen LogP contribution is 2.23. The van der Waals surface area contributed by atoms with Gasteiger partial charge in [-0.3, -0.25) is 19.2 Å². The van der Waals surface area contributed by atoms with Crippen LogP contribution in [0, 0.1) is 0 Å². The van der Waals surface area contributed by atoms with E-state index in [0.717, 1.165) is 16.7 Å². The molecule has 0 spiro atoms. The molecule has 10 nitrogen and oxygen atoms in total. The van der Waals surface area contributed by atoms with E-state index in [-0.39, 0.29) is 12.4 Å². The number of nitrogens with one attached hydrogen (secondary N) is 3. The largest absolute Gasteiger partial charge is 0.347 e. The molecule has 4 amide bonds. The van der Waals surface area contributed by atoms with Crippen molar-refractivity contribution >= 4 is 41.0 Å². The second-order valence-electron chi connectivity index (χ2n) is 8.22. The molecule has 0 aliphatic heterocycles. The summed E-state index contributed by atoms with van der Waals surface area (Å²) in [6.45, 7) is 0.0811. The monoisotopic (exact) mass is 522 g/mol. The molecule has 1 heterocycles. The second-order valence-corrected chi connectivity index (χ2v) is 8.66. The molecule has 3 rings (SSSR count). The van der Waals surface area contributed by atoms with E-state index in [9.17, 15) is 19.2 Å². The molecule has 0 saturated carbocycles. The van der Waals surface area contributed by atoms with Crippen LogP contribution < -0.4 is 21.7 Å². The van der Waals surface area contributed by atoms with Crippen molar-refractivity contribution in [3.05, 3.63) is 83.0 Å². The molecule has 0 bridgehead atoms. The van der Waals surface area contributed by atoms with Gasteiger partial charge in [-0.05, 0) is 41.0 Å². The van der Waals surface area contributed by atoms with Crippen molar-refractivity contribution in [2.24, 2.45) is 5.73 Å². The Labute approximate surface area is 219 Å². The van der Waals surface area contributed by atoms with Gasteiger partial charge in [-0.25, -0.2) is 4.98 Å². The number of rotatable bonds is 8. The number of amides is 4. The van der Waals surface area contributed by atoms with Crippen LogP contribution in [-0.2, 0) is 20.9 Å². The van der Waals surface area contributed by atoms with Crippen LogP contribution in [0.1, 0.15) is 15.9 Å². The maximum Gasteiger partial charge on any atom is 0.314 e. The number of carbonyl (C=O) groups is 4. The van der Waals surface area contributed by atoms with Gasteiger partial charge in [-0.2, -0.15) is 0 Å². The van der Waals surface area contributed by atoms with Crippen molar-refractivity contribution in [3.8, 4) is 11.1 Å². The Morgan fingerprint density at radius 1 is 0.973 bits per heavy atom. The molecular formula is C26H27ClN6O4. The summed E-state index contributed by atoms with van der Waals surface area (Å²) in [6.07, 6.45) is 1.32. The summed E-state index contributed by atoms with van der Waals surface area (Å²) in [5.41, 5.74) is 8.98. The number of halogens is 1. The van der Waals surface area contributed by atoms with Crippen LogP contribution in [0.15, 0.2) is 66.9 Å². The second kappa shape index (κ2) is 12.6. The molecule has 11 heteroatoms. The van der Waals surface area contributed by atoms with Gasteiger partial charge in [0.2, 0.25) is 5.91 Å². The Bertz CT molecular complexity index is 1280. The zero-order chi connectivity index (χ0) is 26.9. The molecule has 1 aromatic heterocycles. The lowest BCUT2D eigenvalue weighted by molar-refractivity contribution is -0.136. The fraction of sp³-hybridized carbons (Fsp3) is 0.192. The number of hydrogen-bond donors (Lipinski definition) is 4. The average Bonchev–Trinajstić information content (AvgIpc) is 2.91. The van der Waals surface area contributed by atoms with E-state index in [1.807, 2.05) is 24.3 Å². The first-order valence-electron chi connectivity index (χ1n) is 11.3. The van der Waals surface area contributed by atoms with Crippen molar-refractivity contribution in [1.29, 1.82) is 0 Å². The van der Waals surface area contributed by atoms with E-state index in [2.05, 4.69) is 20.9 Å². The molecule has 0 aliphatic carbocycles. The maximum atomic E-state index is 12.9. The Kier molecular flexibility index (Phi) is 9.31. The van der Waals surface area contributed by atoms with E-state index in [4.69, 9.17) is 17.3 Å². The first-order valence-corrected chi connectivity index (χ1v) is 11.7. The Balaban J connectivity index is 1.65. The van der Waals surface area contributed by atoms with Crippen LogP contribution >= 0.6 is 11.6 Å². The number of nitrogens with zero attached hydrogens (tertiary/aromatic N) is 2. The third-order valence-corrected chi connectivity index (χ3v) is 5.61. The molecule has 0 saturated heterocycles. The molecule has 0 aliphatic rings. The van der Waals surface area contributed by atoms with Crippen LogP contribution in [0.25, 0.3) is 11.1 Å².